The van der Waals surface area contributed by atoms with Crippen LogP contribution < -0.4 is 0 Å². The highest BCUT2D eigenvalue weighted by Crippen LogP contribution is 2.26. The lowest BCUT2D eigenvalue weighted by Gasteiger charge is -2.18. The Morgan fingerprint density at radius 2 is 2.09 bits per heavy atom. The van der Waals surface area contributed by atoms with Gasteiger partial charge in [-0.1, -0.05) is 13.8 Å². The molecular formula is C9H17NS. The van der Waals surface area contributed by atoms with E-state index in [1.807, 2.05) is 18.7 Å². The standard InChI is InChI=1S/C9H17NS/c1-4-9(3,8-10)6-7-11-5-2/h4-7H2,1-3H3. The molecule has 0 aromatic carbocycles. The molecule has 0 fully saturated rings. The highest BCUT2D eigenvalue weighted by Gasteiger charge is 2.19. The fraction of sp³-hybridized carbons (Fsp3) is 0.889. The van der Waals surface area contributed by atoms with Gasteiger partial charge in [0.1, 0.15) is 0 Å². The van der Waals surface area contributed by atoms with Crippen LogP contribution in [0.25, 0.3) is 0 Å². The van der Waals surface area contributed by atoms with Gasteiger partial charge in [-0.05, 0) is 31.3 Å². The van der Waals surface area contributed by atoms with Gasteiger partial charge in [-0.15, -0.1) is 0 Å². The summed E-state index contributed by atoms with van der Waals surface area (Å²) in [4.78, 5) is 0. The lowest BCUT2D eigenvalue weighted by Crippen LogP contribution is -2.13. The maximum Gasteiger partial charge on any atom is 0.0687 e. The van der Waals surface area contributed by atoms with Crippen LogP contribution in [0.2, 0.25) is 0 Å². The monoisotopic (exact) mass is 171 g/mol. The highest BCUT2D eigenvalue weighted by molar-refractivity contribution is 7.99. The van der Waals surface area contributed by atoms with Gasteiger partial charge in [0.05, 0.1) is 11.5 Å². The Hall–Kier alpha value is -0.160. The van der Waals surface area contributed by atoms with Crippen molar-refractivity contribution >= 4 is 11.8 Å². The fourth-order valence-corrected chi connectivity index (χ4v) is 1.64. The summed E-state index contributed by atoms with van der Waals surface area (Å²) in [5, 5.41) is 8.83. The second kappa shape index (κ2) is 5.49. The molecule has 0 heterocycles. The minimum absolute atomic E-state index is 0.0812. The molecule has 0 saturated carbocycles. The van der Waals surface area contributed by atoms with Gasteiger partial charge < -0.3 is 0 Å². The van der Waals surface area contributed by atoms with E-state index >= 15 is 0 Å². The van der Waals surface area contributed by atoms with E-state index in [0.29, 0.717) is 0 Å². The fourth-order valence-electron chi connectivity index (χ4n) is 0.754. The Bertz CT molecular complexity index is 139. The number of thioether (sulfide) groups is 1. The van der Waals surface area contributed by atoms with Crippen molar-refractivity contribution in [2.75, 3.05) is 11.5 Å². The number of nitriles is 1. The molecule has 1 unspecified atom stereocenters. The van der Waals surface area contributed by atoms with Crippen molar-refractivity contribution in [3.8, 4) is 6.07 Å². The lowest BCUT2D eigenvalue weighted by molar-refractivity contribution is 0.413. The van der Waals surface area contributed by atoms with E-state index in [9.17, 15) is 0 Å². The summed E-state index contributed by atoms with van der Waals surface area (Å²) in [6.07, 6.45) is 1.99. The van der Waals surface area contributed by atoms with E-state index in [-0.39, 0.29) is 5.41 Å². The van der Waals surface area contributed by atoms with Gasteiger partial charge in [-0.2, -0.15) is 17.0 Å². The molecule has 0 N–H and O–H groups in total. The van der Waals surface area contributed by atoms with Crippen LogP contribution in [0.5, 0.6) is 0 Å². The normalized spacial score (nSPS) is 15.5. The zero-order valence-corrected chi connectivity index (χ0v) is 8.50. The molecule has 0 aromatic rings. The molecular weight excluding hydrogens is 154 g/mol. The smallest absolute Gasteiger partial charge is 0.0687 e. The molecule has 0 amide bonds. The van der Waals surface area contributed by atoms with Gasteiger partial charge in [0.2, 0.25) is 0 Å². The van der Waals surface area contributed by atoms with Crippen molar-refractivity contribution in [3.05, 3.63) is 0 Å². The summed E-state index contributed by atoms with van der Waals surface area (Å²) < 4.78 is 0. The molecule has 1 atom stereocenters. The van der Waals surface area contributed by atoms with Gasteiger partial charge in [-0.25, -0.2) is 0 Å². The van der Waals surface area contributed by atoms with Crippen molar-refractivity contribution in [2.45, 2.75) is 33.6 Å². The van der Waals surface area contributed by atoms with E-state index < -0.39 is 0 Å². The first-order valence-electron chi connectivity index (χ1n) is 4.17. The average molecular weight is 171 g/mol. The molecule has 0 aromatic heterocycles. The van der Waals surface area contributed by atoms with E-state index in [1.54, 1.807) is 0 Å². The van der Waals surface area contributed by atoms with Gasteiger partial charge in [0.15, 0.2) is 0 Å². The molecule has 0 aliphatic rings. The van der Waals surface area contributed by atoms with Gasteiger partial charge >= 0.3 is 0 Å². The zero-order chi connectivity index (χ0) is 8.74. The Morgan fingerprint density at radius 3 is 2.45 bits per heavy atom. The molecule has 0 rings (SSSR count). The largest absolute Gasteiger partial charge is 0.198 e. The van der Waals surface area contributed by atoms with Gasteiger partial charge in [0.25, 0.3) is 0 Å². The third kappa shape index (κ3) is 4.31. The first kappa shape index (κ1) is 10.8. The molecule has 64 valence electrons. The van der Waals surface area contributed by atoms with Crippen LogP contribution in [0.15, 0.2) is 0 Å². The summed E-state index contributed by atoms with van der Waals surface area (Å²) in [6, 6.07) is 2.37. The average Bonchev–Trinajstić information content (AvgIpc) is 2.05. The van der Waals surface area contributed by atoms with Crippen LogP contribution in [0.4, 0.5) is 0 Å². The Balaban J connectivity index is 3.63. The minimum Gasteiger partial charge on any atom is -0.198 e. The van der Waals surface area contributed by atoms with Crippen molar-refractivity contribution in [1.82, 2.24) is 0 Å². The first-order chi connectivity index (χ1) is 5.18. The molecule has 0 aliphatic heterocycles. The zero-order valence-electron chi connectivity index (χ0n) is 7.68. The third-order valence-corrected chi connectivity index (χ3v) is 2.95. The van der Waals surface area contributed by atoms with Crippen LogP contribution in [0, 0.1) is 16.7 Å². The topological polar surface area (TPSA) is 23.8 Å². The summed E-state index contributed by atoms with van der Waals surface area (Å²) in [7, 11) is 0. The maximum absolute atomic E-state index is 8.83. The Labute approximate surface area is 74.2 Å². The van der Waals surface area contributed by atoms with Crippen molar-refractivity contribution < 1.29 is 0 Å². The van der Waals surface area contributed by atoms with Gasteiger partial charge in [0, 0.05) is 0 Å². The molecule has 2 heteroatoms. The first-order valence-corrected chi connectivity index (χ1v) is 5.33. The number of nitrogens with zero attached hydrogens (tertiary/aromatic N) is 1. The molecule has 0 spiro atoms. The van der Waals surface area contributed by atoms with Crippen LogP contribution in [-0.4, -0.2) is 11.5 Å². The molecule has 0 bridgehead atoms. The number of hydrogen-bond donors (Lipinski definition) is 0. The highest BCUT2D eigenvalue weighted by atomic mass is 32.2. The predicted molar refractivity (Wildman–Crippen MR) is 51.6 cm³/mol. The van der Waals surface area contributed by atoms with Crippen molar-refractivity contribution in [3.63, 3.8) is 0 Å². The predicted octanol–water partition coefficient (Wildman–Crippen LogP) is 3.07. The second-order valence-corrected chi connectivity index (χ2v) is 4.37. The molecule has 0 aliphatic carbocycles. The van der Waals surface area contributed by atoms with Crippen LogP contribution in [-0.2, 0) is 0 Å². The van der Waals surface area contributed by atoms with Crippen LogP contribution >= 0.6 is 11.8 Å². The molecule has 0 radical (unpaired) electrons. The summed E-state index contributed by atoms with van der Waals surface area (Å²) in [5.74, 6) is 2.28. The maximum atomic E-state index is 8.83. The Morgan fingerprint density at radius 1 is 1.45 bits per heavy atom. The van der Waals surface area contributed by atoms with E-state index in [2.05, 4.69) is 19.9 Å². The molecule has 1 nitrogen and oxygen atoms in total. The Kier molecular flexibility index (Phi) is 5.41. The summed E-state index contributed by atoms with van der Waals surface area (Å²) in [6.45, 7) is 6.28. The van der Waals surface area contributed by atoms with Gasteiger partial charge in [-0.3, -0.25) is 0 Å². The quantitative estimate of drug-likeness (QED) is 0.594. The molecule has 0 saturated heterocycles. The number of rotatable bonds is 5. The number of hydrogen-bond acceptors (Lipinski definition) is 2. The van der Waals surface area contributed by atoms with Crippen LogP contribution in [0.1, 0.15) is 33.6 Å². The van der Waals surface area contributed by atoms with E-state index in [1.165, 1.54) is 0 Å². The van der Waals surface area contributed by atoms with Crippen molar-refractivity contribution in [1.29, 1.82) is 5.26 Å². The third-order valence-electron chi connectivity index (χ3n) is 2.05. The summed E-state index contributed by atoms with van der Waals surface area (Å²) in [5.41, 5.74) is -0.0812. The van der Waals surface area contributed by atoms with Crippen LogP contribution in [0.3, 0.4) is 0 Å². The summed E-state index contributed by atoms with van der Waals surface area (Å²) >= 11 is 1.91. The van der Waals surface area contributed by atoms with E-state index in [4.69, 9.17) is 5.26 Å². The SMILES string of the molecule is CCSCCC(C)(C#N)CC. The van der Waals surface area contributed by atoms with Crippen molar-refractivity contribution in [2.24, 2.45) is 5.41 Å². The lowest BCUT2D eigenvalue weighted by atomic mass is 9.87. The van der Waals surface area contributed by atoms with E-state index in [0.717, 1.165) is 24.3 Å². The second-order valence-electron chi connectivity index (χ2n) is 2.97. The molecule has 11 heavy (non-hydrogen) atoms. The minimum atomic E-state index is -0.0812.